The maximum Gasteiger partial charge on any atom is 0.267 e. The molecule has 0 bridgehead atoms. The number of carbonyl (C=O) groups excluding carboxylic acids is 1. The van der Waals surface area contributed by atoms with Crippen LogP contribution < -0.4 is 0 Å². The van der Waals surface area contributed by atoms with E-state index < -0.39 is 0 Å². The van der Waals surface area contributed by atoms with Crippen molar-refractivity contribution in [2.24, 2.45) is 0 Å². The van der Waals surface area contributed by atoms with Crippen LogP contribution in [0.2, 0.25) is 0 Å². The standard InChI is InChI=1S/C12H20ClN3O2S/c1-12(2,3)10-9(19-15-14-10)11(17)16(4)6-8-18-7-5-13/h5-8H2,1-4H3. The molecule has 0 fully saturated rings. The summed E-state index contributed by atoms with van der Waals surface area (Å²) in [5, 5.41) is 4.07. The minimum absolute atomic E-state index is 0.0607. The molecule has 0 N–H and O–H groups in total. The molecule has 1 rings (SSSR count). The van der Waals surface area contributed by atoms with Crippen LogP contribution >= 0.6 is 23.1 Å². The molecule has 5 nitrogen and oxygen atoms in total. The van der Waals surface area contributed by atoms with Crippen molar-refractivity contribution in [2.75, 3.05) is 32.7 Å². The molecule has 19 heavy (non-hydrogen) atoms. The summed E-state index contributed by atoms with van der Waals surface area (Å²) in [6.07, 6.45) is 0. The lowest BCUT2D eigenvalue weighted by Gasteiger charge is -2.20. The normalized spacial score (nSPS) is 11.6. The first-order chi connectivity index (χ1) is 8.88. The van der Waals surface area contributed by atoms with Gasteiger partial charge < -0.3 is 9.64 Å². The van der Waals surface area contributed by atoms with Crippen molar-refractivity contribution in [1.29, 1.82) is 0 Å². The van der Waals surface area contributed by atoms with Crippen molar-refractivity contribution in [2.45, 2.75) is 26.2 Å². The molecule has 0 atom stereocenters. The lowest BCUT2D eigenvalue weighted by Crippen LogP contribution is -2.31. The van der Waals surface area contributed by atoms with Crippen molar-refractivity contribution in [3.63, 3.8) is 0 Å². The van der Waals surface area contributed by atoms with Gasteiger partial charge in [-0.15, -0.1) is 16.7 Å². The third-order valence-corrected chi connectivity index (χ3v) is 3.40. The highest BCUT2D eigenvalue weighted by atomic mass is 35.5. The number of halogens is 1. The fourth-order valence-electron chi connectivity index (χ4n) is 1.45. The topological polar surface area (TPSA) is 55.3 Å². The Bertz CT molecular complexity index is 417. The van der Waals surface area contributed by atoms with Gasteiger partial charge in [-0.3, -0.25) is 4.79 Å². The molecule has 1 heterocycles. The van der Waals surface area contributed by atoms with Crippen molar-refractivity contribution >= 4 is 29.0 Å². The maximum atomic E-state index is 12.3. The van der Waals surface area contributed by atoms with E-state index in [1.54, 1.807) is 11.9 Å². The highest BCUT2D eigenvalue weighted by molar-refractivity contribution is 7.08. The molecule has 0 spiro atoms. The minimum atomic E-state index is -0.187. The quantitative estimate of drug-likeness (QED) is 0.597. The van der Waals surface area contributed by atoms with Crippen LogP contribution in [0.5, 0.6) is 0 Å². The zero-order chi connectivity index (χ0) is 14.5. The number of amides is 1. The van der Waals surface area contributed by atoms with Gasteiger partial charge in [-0.2, -0.15) is 0 Å². The molecule has 108 valence electrons. The second-order valence-electron chi connectivity index (χ2n) is 5.23. The predicted octanol–water partition coefficient (Wildman–Crippen LogP) is 2.16. The van der Waals surface area contributed by atoms with E-state index in [4.69, 9.17) is 16.3 Å². The smallest absolute Gasteiger partial charge is 0.267 e. The highest BCUT2D eigenvalue weighted by Gasteiger charge is 2.27. The van der Waals surface area contributed by atoms with E-state index in [-0.39, 0.29) is 11.3 Å². The summed E-state index contributed by atoms with van der Waals surface area (Å²) in [5.41, 5.74) is 0.560. The second-order valence-corrected chi connectivity index (χ2v) is 6.36. The van der Waals surface area contributed by atoms with Crippen LogP contribution in [0, 0.1) is 0 Å². The van der Waals surface area contributed by atoms with Crippen molar-refractivity contribution in [1.82, 2.24) is 14.5 Å². The summed E-state index contributed by atoms with van der Waals surface area (Å²) >= 11 is 6.65. The third kappa shape index (κ3) is 4.71. The molecule has 1 aromatic heterocycles. The van der Waals surface area contributed by atoms with Gasteiger partial charge >= 0.3 is 0 Å². The summed E-state index contributed by atoms with van der Waals surface area (Å²) in [7, 11) is 1.75. The van der Waals surface area contributed by atoms with Crippen LogP contribution in [-0.2, 0) is 10.2 Å². The SMILES string of the molecule is CN(CCOCCCl)C(=O)c1snnc1C(C)(C)C. The summed E-state index contributed by atoms with van der Waals surface area (Å²) in [6, 6.07) is 0. The summed E-state index contributed by atoms with van der Waals surface area (Å²) < 4.78 is 9.16. The van der Waals surface area contributed by atoms with Crippen LogP contribution in [0.4, 0.5) is 0 Å². The van der Waals surface area contributed by atoms with Crippen molar-refractivity contribution < 1.29 is 9.53 Å². The van der Waals surface area contributed by atoms with Crippen molar-refractivity contribution in [3.05, 3.63) is 10.6 Å². The first kappa shape index (κ1) is 16.3. The Morgan fingerprint density at radius 3 is 2.68 bits per heavy atom. The Hall–Kier alpha value is -0.720. The highest BCUT2D eigenvalue weighted by Crippen LogP contribution is 2.26. The van der Waals surface area contributed by atoms with Crippen LogP contribution in [0.25, 0.3) is 0 Å². The molecule has 0 aliphatic rings. The molecule has 0 aliphatic carbocycles. The largest absolute Gasteiger partial charge is 0.378 e. The van der Waals surface area contributed by atoms with E-state index in [0.29, 0.717) is 30.5 Å². The number of hydrogen-bond donors (Lipinski definition) is 0. The zero-order valence-corrected chi connectivity index (χ0v) is 13.3. The third-order valence-electron chi connectivity index (χ3n) is 2.53. The molecule has 7 heteroatoms. The monoisotopic (exact) mass is 305 g/mol. The lowest BCUT2D eigenvalue weighted by molar-refractivity contribution is 0.0714. The van der Waals surface area contributed by atoms with E-state index in [1.165, 1.54) is 0 Å². The second kappa shape index (κ2) is 7.17. The maximum absolute atomic E-state index is 12.3. The lowest BCUT2D eigenvalue weighted by atomic mass is 9.91. The Kier molecular flexibility index (Phi) is 6.16. The Morgan fingerprint density at radius 1 is 1.42 bits per heavy atom. The first-order valence-electron chi connectivity index (χ1n) is 6.10. The number of rotatable bonds is 6. The van der Waals surface area contributed by atoms with E-state index in [0.717, 1.165) is 17.2 Å². The zero-order valence-electron chi connectivity index (χ0n) is 11.8. The van der Waals surface area contributed by atoms with Gasteiger partial charge in [0.25, 0.3) is 5.91 Å². The molecular formula is C12H20ClN3O2S. The van der Waals surface area contributed by atoms with Crippen LogP contribution in [0.1, 0.15) is 36.1 Å². The Balaban J connectivity index is 2.65. The van der Waals surface area contributed by atoms with Gasteiger partial charge in [0.2, 0.25) is 0 Å². The number of alkyl halides is 1. The molecule has 0 saturated carbocycles. The number of nitrogens with zero attached hydrogens (tertiary/aromatic N) is 3. The molecule has 1 aromatic rings. The number of aromatic nitrogens is 2. The molecule has 0 aliphatic heterocycles. The molecule has 0 radical (unpaired) electrons. The number of carbonyl (C=O) groups is 1. The molecule has 0 saturated heterocycles. The fraction of sp³-hybridized carbons (Fsp3) is 0.750. The minimum Gasteiger partial charge on any atom is -0.378 e. The van der Waals surface area contributed by atoms with Gasteiger partial charge in [0.1, 0.15) is 4.88 Å². The predicted molar refractivity (Wildman–Crippen MR) is 77.1 cm³/mol. The van der Waals surface area contributed by atoms with Crippen molar-refractivity contribution in [3.8, 4) is 0 Å². The van der Waals surface area contributed by atoms with Gasteiger partial charge in [0.15, 0.2) is 0 Å². The van der Waals surface area contributed by atoms with Gasteiger partial charge in [-0.1, -0.05) is 25.3 Å². The van der Waals surface area contributed by atoms with Gasteiger partial charge in [0, 0.05) is 24.9 Å². The summed E-state index contributed by atoms with van der Waals surface area (Å²) in [6.45, 7) is 7.56. The number of hydrogen-bond acceptors (Lipinski definition) is 5. The number of ether oxygens (including phenoxy) is 1. The van der Waals surface area contributed by atoms with Crippen LogP contribution in [0.15, 0.2) is 0 Å². The van der Waals surface area contributed by atoms with E-state index in [1.807, 2.05) is 20.8 Å². The van der Waals surface area contributed by atoms with E-state index in [9.17, 15) is 4.79 Å². The van der Waals surface area contributed by atoms with Crippen LogP contribution in [0.3, 0.4) is 0 Å². The Labute approximate surface area is 123 Å². The van der Waals surface area contributed by atoms with Gasteiger partial charge in [-0.25, -0.2) is 0 Å². The Morgan fingerprint density at radius 2 is 2.11 bits per heavy atom. The van der Waals surface area contributed by atoms with Gasteiger partial charge in [0.05, 0.1) is 18.9 Å². The summed E-state index contributed by atoms with van der Waals surface area (Å²) in [5.74, 6) is 0.402. The molecule has 0 unspecified atom stereocenters. The van der Waals surface area contributed by atoms with Gasteiger partial charge in [-0.05, 0) is 11.5 Å². The molecule has 0 aromatic carbocycles. The fourth-order valence-corrected chi connectivity index (χ4v) is 2.44. The molecular weight excluding hydrogens is 286 g/mol. The van der Waals surface area contributed by atoms with E-state index >= 15 is 0 Å². The summed E-state index contributed by atoms with van der Waals surface area (Å²) in [4.78, 5) is 14.5. The average molecular weight is 306 g/mol. The molecule has 1 amide bonds. The van der Waals surface area contributed by atoms with Crippen LogP contribution in [-0.4, -0.2) is 53.1 Å². The van der Waals surface area contributed by atoms with E-state index in [2.05, 4.69) is 9.59 Å². The first-order valence-corrected chi connectivity index (χ1v) is 7.40. The average Bonchev–Trinajstić information content (AvgIpc) is 2.82. The number of likely N-dealkylation sites (N-methyl/N-ethyl adjacent to an activating group) is 1.